The van der Waals surface area contributed by atoms with E-state index in [1.807, 2.05) is 19.2 Å². The summed E-state index contributed by atoms with van der Waals surface area (Å²) in [5, 5.41) is 0. The van der Waals surface area contributed by atoms with Gasteiger partial charge in [-0.3, -0.25) is 9.78 Å². The second-order valence-electron chi connectivity index (χ2n) is 5.23. The Hall–Kier alpha value is -1.42. The quantitative estimate of drug-likeness (QED) is 0.884. The average molecular weight is 247 g/mol. The van der Waals surface area contributed by atoms with E-state index in [1.54, 1.807) is 17.3 Å². The molecule has 0 spiro atoms. The van der Waals surface area contributed by atoms with Crippen molar-refractivity contribution in [1.29, 1.82) is 0 Å². The molecule has 1 aromatic rings. The maximum Gasteiger partial charge on any atom is 0.242 e. The number of carbonyl (C=O) groups is 1. The number of amides is 1. The summed E-state index contributed by atoms with van der Waals surface area (Å²) in [5.41, 5.74) is 6.70. The van der Waals surface area contributed by atoms with Crippen LogP contribution in [0.15, 0.2) is 24.5 Å². The minimum Gasteiger partial charge on any atom is -0.340 e. The van der Waals surface area contributed by atoms with Gasteiger partial charge in [0.1, 0.15) is 0 Å². The summed E-state index contributed by atoms with van der Waals surface area (Å²) in [6.45, 7) is 0.598. The average Bonchev–Trinajstić information content (AvgIpc) is 2.40. The molecule has 2 N–H and O–H groups in total. The van der Waals surface area contributed by atoms with Crippen LogP contribution in [0.2, 0.25) is 0 Å². The Bertz CT molecular complexity index is 399. The number of carbonyl (C=O) groups excluding carboxylic acids is 1. The first kappa shape index (κ1) is 13.0. The van der Waals surface area contributed by atoms with E-state index >= 15 is 0 Å². The van der Waals surface area contributed by atoms with E-state index in [-0.39, 0.29) is 5.91 Å². The lowest BCUT2D eigenvalue weighted by molar-refractivity contribution is -0.137. The molecule has 0 saturated heterocycles. The zero-order chi connectivity index (χ0) is 13.0. The molecule has 1 aliphatic rings. The van der Waals surface area contributed by atoms with Crippen molar-refractivity contribution in [2.45, 2.75) is 44.2 Å². The van der Waals surface area contributed by atoms with Crippen molar-refractivity contribution in [1.82, 2.24) is 9.88 Å². The summed E-state index contributed by atoms with van der Waals surface area (Å²) < 4.78 is 0. The Morgan fingerprint density at radius 1 is 1.33 bits per heavy atom. The maximum absolute atomic E-state index is 12.4. The molecular weight excluding hydrogens is 226 g/mol. The van der Waals surface area contributed by atoms with Gasteiger partial charge in [-0.15, -0.1) is 0 Å². The molecule has 2 rings (SSSR count). The van der Waals surface area contributed by atoms with Crippen LogP contribution in [-0.4, -0.2) is 28.4 Å². The van der Waals surface area contributed by atoms with Crippen LogP contribution in [0.5, 0.6) is 0 Å². The Balaban J connectivity index is 2.00. The van der Waals surface area contributed by atoms with Crippen molar-refractivity contribution in [3.8, 4) is 0 Å². The molecule has 1 saturated carbocycles. The molecule has 0 radical (unpaired) electrons. The number of hydrogen-bond donors (Lipinski definition) is 1. The third-order valence-corrected chi connectivity index (χ3v) is 3.69. The summed E-state index contributed by atoms with van der Waals surface area (Å²) in [4.78, 5) is 18.1. The lowest BCUT2D eigenvalue weighted by Gasteiger charge is -2.35. The van der Waals surface area contributed by atoms with Crippen LogP contribution in [0.3, 0.4) is 0 Å². The number of hydrogen-bond acceptors (Lipinski definition) is 3. The van der Waals surface area contributed by atoms with E-state index in [4.69, 9.17) is 5.73 Å². The van der Waals surface area contributed by atoms with Gasteiger partial charge in [0, 0.05) is 26.0 Å². The van der Waals surface area contributed by atoms with E-state index in [0.29, 0.717) is 6.54 Å². The molecule has 4 nitrogen and oxygen atoms in total. The molecule has 1 aromatic heterocycles. The first-order valence-electron chi connectivity index (χ1n) is 6.55. The van der Waals surface area contributed by atoms with Gasteiger partial charge in [0.25, 0.3) is 0 Å². The largest absolute Gasteiger partial charge is 0.340 e. The van der Waals surface area contributed by atoms with E-state index in [0.717, 1.165) is 31.2 Å². The summed E-state index contributed by atoms with van der Waals surface area (Å²) in [6.07, 6.45) is 8.43. The third-order valence-electron chi connectivity index (χ3n) is 3.69. The summed E-state index contributed by atoms with van der Waals surface area (Å²) in [7, 11) is 1.83. The smallest absolute Gasteiger partial charge is 0.242 e. The van der Waals surface area contributed by atoms with Crippen LogP contribution in [0, 0.1) is 0 Å². The number of nitrogens with zero attached hydrogens (tertiary/aromatic N) is 2. The van der Waals surface area contributed by atoms with Gasteiger partial charge < -0.3 is 10.6 Å². The molecule has 1 amide bonds. The van der Waals surface area contributed by atoms with Gasteiger partial charge in [-0.2, -0.15) is 0 Å². The van der Waals surface area contributed by atoms with Crippen molar-refractivity contribution >= 4 is 5.91 Å². The van der Waals surface area contributed by atoms with Gasteiger partial charge in [-0.05, 0) is 30.5 Å². The molecule has 1 aliphatic carbocycles. The van der Waals surface area contributed by atoms with E-state index in [1.165, 1.54) is 6.42 Å². The van der Waals surface area contributed by atoms with Crippen LogP contribution >= 0.6 is 0 Å². The van der Waals surface area contributed by atoms with Crippen LogP contribution in [0.4, 0.5) is 0 Å². The molecular formula is C14H21N3O. The highest BCUT2D eigenvalue weighted by atomic mass is 16.2. The maximum atomic E-state index is 12.4. The molecule has 1 fully saturated rings. The SMILES string of the molecule is CN(Cc1ccncc1)C(=O)C1(N)CCCCC1. The minimum atomic E-state index is -0.639. The molecule has 4 heteroatoms. The zero-order valence-corrected chi connectivity index (χ0v) is 10.9. The van der Waals surface area contributed by atoms with Gasteiger partial charge in [-0.25, -0.2) is 0 Å². The van der Waals surface area contributed by atoms with Crippen molar-refractivity contribution < 1.29 is 4.79 Å². The monoisotopic (exact) mass is 247 g/mol. The standard InChI is InChI=1S/C14H21N3O/c1-17(11-12-5-9-16-10-6-12)13(18)14(15)7-3-2-4-8-14/h5-6,9-10H,2-4,7-8,11,15H2,1H3. The van der Waals surface area contributed by atoms with Crippen molar-refractivity contribution in [2.75, 3.05) is 7.05 Å². The number of pyridine rings is 1. The second-order valence-corrected chi connectivity index (χ2v) is 5.23. The fourth-order valence-electron chi connectivity index (χ4n) is 2.61. The second kappa shape index (κ2) is 5.48. The molecule has 0 aromatic carbocycles. The Kier molecular flexibility index (Phi) is 3.97. The normalized spacial score (nSPS) is 18.3. The Morgan fingerprint density at radius 3 is 2.56 bits per heavy atom. The molecule has 1 heterocycles. The summed E-state index contributed by atoms with van der Waals surface area (Å²) >= 11 is 0. The van der Waals surface area contributed by atoms with Crippen molar-refractivity contribution in [3.63, 3.8) is 0 Å². The predicted octanol–water partition coefficient (Wildman–Crippen LogP) is 1.70. The van der Waals surface area contributed by atoms with Gasteiger partial charge in [0.05, 0.1) is 5.54 Å². The highest BCUT2D eigenvalue weighted by molar-refractivity contribution is 5.86. The van der Waals surface area contributed by atoms with Crippen LogP contribution < -0.4 is 5.73 Å². The van der Waals surface area contributed by atoms with E-state index in [9.17, 15) is 4.79 Å². The third kappa shape index (κ3) is 2.88. The number of aromatic nitrogens is 1. The molecule has 18 heavy (non-hydrogen) atoms. The molecule has 0 atom stereocenters. The zero-order valence-electron chi connectivity index (χ0n) is 10.9. The molecule has 98 valence electrons. The fourth-order valence-corrected chi connectivity index (χ4v) is 2.61. The van der Waals surface area contributed by atoms with Crippen LogP contribution in [-0.2, 0) is 11.3 Å². The first-order chi connectivity index (χ1) is 8.62. The molecule has 0 unspecified atom stereocenters. The number of rotatable bonds is 3. The summed E-state index contributed by atoms with van der Waals surface area (Å²) in [6, 6.07) is 3.85. The van der Waals surface area contributed by atoms with Gasteiger partial charge in [0.15, 0.2) is 0 Å². The fraction of sp³-hybridized carbons (Fsp3) is 0.571. The van der Waals surface area contributed by atoms with E-state index < -0.39 is 5.54 Å². The van der Waals surface area contributed by atoms with Crippen molar-refractivity contribution in [3.05, 3.63) is 30.1 Å². The Morgan fingerprint density at radius 2 is 1.94 bits per heavy atom. The van der Waals surface area contributed by atoms with Crippen molar-refractivity contribution in [2.24, 2.45) is 5.73 Å². The summed E-state index contributed by atoms with van der Waals surface area (Å²) in [5.74, 6) is 0.0685. The van der Waals surface area contributed by atoms with Crippen LogP contribution in [0.25, 0.3) is 0 Å². The lowest BCUT2D eigenvalue weighted by Crippen LogP contribution is -2.55. The minimum absolute atomic E-state index is 0.0685. The highest BCUT2D eigenvalue weighted by Crippen LogP contribution is 2.27. The number of nitrogens with two attached hydrogens (primary N) is 1. The lowest BCUT2D eigenvalue weighted by atomic mass is 9.81. The van der Waals surface area contributed by atoms with Crippen LogP contribution in [0.1, 0.15) is 37.7 Å². The van der Waals surface area contributed by atoms with E-state index in [2.05, 4.69) is 4.98 Å². The topological polar surface area (TPSA) is 59.2 Å². The van der Waals surface area contributed by atoms with Gasteiger partial charge in [-0.1, -0.05) is 19.3 Å². The number of likely N-dealkylation sites (N-methyl/N-ethyl adjacent to an activating group) is 1. The Labute approximate surface area is 108 Å². The molecule has 0 aliphatic heterocycles. The molecule has 0 bridgehead atoms. The van der Waals surface area contributed by atoms with Gasteiger partial charge in [0.2, 0.25) is 5.91 Å². The van der Waals surface area contributed by atoms with Gasteiger partial charge >= 0.3 is 0 Å². The highest BCUT2D eigenvalue weighted by Gasteiger charge is 2.37. The first-order valence-corrected chi connectivity index (χ1v) is 6.55. The predicted molar refractivity (Wildman–Crippen MR) is 70.7 cm³/mol.